The first kappa shape index (κ1) is 19.7. The minimum Gasteiger partial charge on any atom is -0.481 e. The highest BCUT2D eigenvalue weighted by molar-refractivity contribution is 5.74. The SMILES string of the molecule is CCC(NC(=O)NCCC(CCC(=O)O)C(C)C)C(C)C. The zero-order valence-corrected chi connectivity index (χ0v) is 14.1. The summed E-state index contributed by atoms with van der Waals surface area (Å²) in [5, 5.41) is 14.6. The van der Waals surface area contributed by atoms with Gasteiger partial charge in [0, 0.05) is 19.0 Å². The van der Waals surface area contributed by atoms with Crippen LogP contribution in [0.25, 0.3) is 0 Å². The summed E-state index contributed by atoms with van der Waals surface area (Å²) in [6, 6.07) is 0.0641. The molecule has 2 unspecified atom stereocenters. The van der Waals surface area contributed by atoms with Crippen molar-refractivity contribution < 1.29 is 14.7 Å². The molecule has 0 saturated heterocycles. The van der Waals surface area contributed by atoms with Crippen LogP contribution in [0.15, 0.2) is 0 Å². The Hall–Kier alpha value is -1.26. The molecule has 0 heterocycles. The predicted molar refractivity (Wildman–Crippen MR) is 85.3 cm³/mol. The largest absolute Gasteiger partial charge is 0.481 e. The van der Waals surface area contributed by atoms with E-state index in [1.807, 2.05) is 0 Å². The molecular formula is C16H32N2O3. The van der Waals surface area contributed by atoms with E-state index in [2.05, 4.69) is 45.3 Å². The molecular weight excluding hydrogens is 268 g/mol. The van der Waals surface area contributed by atoms with Crippen molar-refractivity contribution in [2.75, 3.05) is 6.54 Å². The Morgan fingerprint density at radius 3 is 2.10 bits per heavy atom. The highest BCUT2D eigenvalue weighted by Crippen LogP contribution is 2.20. The highest BCUT2D eigenvalue weighted by Gasteiger charge is 2.16. The van der Waals surface area contributed by atoms with E-state index >= 15 is 0 Å². The lowest BCUT2D eigenvalue weighted by molar-refractivity contribution is -0.137. The summed E-state index contributed by atoms with van der Waals surface area (Å²) in [7, 11) is 0. The summed E-state index contributed by atoms with van der Waals surface area (Å²) in [5.74, 6) is 0.413. The van der Waals surface area contributed by atoms with E-state index < -0.39 is 5.97 Å². The molecule has 5 nitrogen and oxygen atoms in total. The number of hydrogen-bond donors (Lipinski definition) is 3. The van der Waals surface area contributed by atoms with Crippen molar-refractivity contribution in [1.29, 1.82) is 0 Å². The lowest BCUT2D eigenvalue weighted by Gasteiger charge is -2.23. The summed E-state index contributed by atoms with van der Waals surface area (Å²) in [5.41, 5.74) is 0. The molecule has 0 rings (SSSR count). The van der Waals surface area contributed by atoms with Crippen LogP contribution >= 0.6 is 0 Å². The first-order valence-electron chi connectivity index (χ1n) is 8.04. The maximum atomic E-state index is 11.8. The van der Waals surface area contributed by atoms with Gasteiger partial charge in [-0.25, -0.2) is 4.79 Å². The number of carboxylic acid groups (broad SMARTS) is 1. The summed E-state index contributed by atoms with van der Waals surface area (Å²) >= 11 is 0. The molecule has 124 valence electrons. The Morgan fingerprint density at radius 2 is 1.67 bits per heavy atom. The molecule has 0 saturated carbocycles. The molecule has 0 radical (unpaired) electrons. The normalized spacial score (nSPS) is 14.0. The number of hydrogen-bond acceptors (Lipinski definition) is 2. The number of rotatable bonds is 10. The summed E-state index contributed by atoms with van der Waals surface area (Å²) in [4.78, 5) is 22.5. The quantitative estimate of drug-likeness (QED) is 0.579. The van der Waals surface area contributed by atoms with Crippen molar-refractivity contribution in [3.05, 3.63) is 0 Å². The first-order valence-corrected chi connectivity index (χ1v) is 8.04. The van der Waals surface area contributed by atoms with Gasteiger partial charge in [0.1, 0.15) is 0 Å². The van der Waals surface area contributed by atoms with E-state index in [0.717, 1.165) is 12.8 Å². The van der Waals surface area contributed by atoms with Gasteiger partial charge in [0.15, 0.2) is 0 Å². The van der Waals surface area contributed by atoms with Crippen LogP contribution in [-0.2, 0) is 4.79 Å². The number of carbonyl (C=O) groups is 2. The molecule has 5 heteroatoms. The van der Waals surface area contributed by atoms with Crippen LogP contribution in [0, 0.1) is 17.8 Å². The Morgan fingerprint density at radius 1 is 1.05 bits per heavy atom. The number of carbonyl (C=O) groups excluding carboxylic acids is 1. The van der Waals surface area contributed by atoms with Crippen LogP contribution in [0.3, 0.4) is 0 Å². The van der Waals surface area contributed by atoms with Gasteiger partial charge in [-0.1, -0.05) is 34.6 Å². The van der Waals surface area contributed by atoms with E-state index in [1.165, 1.54) is 0 Å². The average molecular weight is 300 g/mol. The number of amides is 2. The standard InChI is InChI=1S/C16H32N2O3/c1-6-14(12(4)5)18-16(21)17-10-9-13(11(2)3)7-8-15(19)20/h11-14H,6-10H2,1-5H3,(H,19,20)(H2,17,18,21). The zero-order chi connectivity index (χ0) is 16.4. The van der Waals surface area contributed by atoms with Crippen LogP contribution in [-0.4, -0.2) is 29.7 Å². The topological polar surface area (TPSA) is 78.4 Å². The Balaban J connectivity index is 4.07. The fraction of sp³-hybridized carbons (Fsp3) is 0.875. The van der Waals surface area contributed by atoms with Gasteiger partial charge in [-0.15, -0.1) is 0 Å². The van der Waals surface area contributed by atoms with E-state index in [9.17, 15) is 9.59 Å². The number of aliphatic carboxylic acids is 1. The van der Waals surface area contributed by atoms with Gasteiger partial charge >= 0.3 is 12.0 Å². The maximum absolute atomic E-state index is 11.8. The van der Waals surface area contributed by atoms with Gasteiger partial charge in [0.25, 0.3) is 0 Å². The van der Waals surface area contributed by atoms with Crippen LogP contribution in [0.5, 0.6) is 0 Å². The molecule has 0 aliphatic rings. The van der Waals surface area contributed by atoms with Gasteiger partial charge in [-0.05, 0) is 37.0 Å². The average Bonchev–Trinajstić information content (AvgIpc) is 2.38. The number of urea groups is 1. The van der Waals surface area contributed by atoms with Crippen molar-refractivity contribution in [3.8, 4) is 0 Å². The fourth-order valence-corrected chi connectivity index (χ4v) is 2.45. The smallest absolute Gasteiger partial charge is 0.315 e. The third kappa shape index (κ3) is 9.32. The second-order valence-corrected chi connectivity index (χ2v) is 6.38. The lowest BCUT2D eigenvalue weighted by Crippen LogP contribution is -2.44. The van der Waals surface area contributed by atoms with Crippen LogP contribution in [0.1, 0.15) is 60.3 Å². The van der Waals surface area contributed by atoms with Crippen molar-refractivity contribution in [3.63, 3.8) is 0 Å². The van der Waals surface area contributed by atoms with Gasteiger partial charge in [-0.3, -0.25) is 4.79 Å². The third-order valence-electron chi connectivity index (χ3n) is 4.03. The Kier molecular flexibility index (Phi) is 9.84. The Bertz CT molecular complexity index is 317. The Labute approximate surface area is 128 Å². The van der Waals surface area contributed by atoms with Gasteiger partial charge < -0.3 is 15.7 Å². The molecule has 0 fully saturated rings. The molecule has 0 aromatic carbocycles. The molecule has 3 N–H and O–H groups in total. The monoisotopic (exact) mass is 300 g/mol. The minimum atomic E-state index is -0.755. The molecule has 21 heavy (non-hydrogen) atoms. The first-order chi connectivity index (χ1) is 9.77. The van der Waals surface area contributed by atoms with E-state index in [1.54, 1.807) is 0 Å². The van der Waals surface area contributed by atoms with Crippen molar-refractivity contribution in [2.24, 2.45) is 17.8 Å². The van der Waals surface area contributed by atoms with Crippen molar-refractivity contribution in [2.45, 2.75) is 66.3 Å². The maximum Gasteiger partial charge on any atom is 0.315 e. The summed E-state index contributed by atoms with van der Waals surface area (Å²) < 4.78 is 0. The van der Waals surface area contributed by atoms with Gasteiger partial charge in [-0.2, -0.15) is 0 Å². The van der Waals surface area contributed by atoms with Crippen LogP contribution in [0.2, 0.25) is 0 Å². The zero-order valence-electron chi connectivity index (χ0n) is 14.1. The summed E-state index contributed by atoms with van der Waals surface area (Å²) in [6.07, 6.45) is 2.59. The van der Waals surface area contributed by atoms with E-state index in [0.29, 0.717) is 30.7 Å². The second kappa shape index (κ2) is 10.5. The van der Waals surface area contributed by atoms with Crippen molar-refractivity contribution in [1.82, 2.24) is 10.6 Å². The van der Waals surface area contributed by atoms with E-state index in [4.69, 9.17) is 5.11 Å². The second-order valence-electron chi connectivity index (χ2n) is 6.38. The molecule has 0 aromatic heterocycles. The molecule has 0 aromatic rings. The molecule has 2 amide bonds. The fourth-order valence-electron chi connectivity index (χ4n) is 2.45. The minimum absolute atomic E-state index is 0.128. The predicted octanol–water partition coefficient (Wildman–Crippen LogP) is 3.25. The summed E-state index contributed by atoms with van der Waals surface area (Å²) in [6.45, 7) is 11.0. The number of carboxylic acids is 1. The molecule has 0 aliphatic heterocycles. The van der Waals surface area contributed by atoms with Gasteiger partial charge in [0.05, 0.1) is 0 Å². The third-order valence-corrected chi connectivity index (χ3v) is 4.03. The number of nitrogens with one attached hydrogen (secondary N) is 2. The molecule has 2 atom stereocenters. The van der Waals surface area contributed by atoms with Gasteiger partial charge in [0.2, 0.25) is 0 Å². The molecule has 0 aliphatic carbocycles. The van der Waals surface area contributed by atoms with E-state index in [-0.39, 0.29) is 18.5 Å². The highest BCUT2D eigenvalue weighted by atomic mass is 16.4. The lowest BCUT2D eigenvalue weighted by atomic mass is 9.88. The van der Waals surface area contributed by atoms with Crippen LogP contribution < -0.4 is 10.6 Å². The molecule has 0 bridgehead atoms. The van der Waals surface area contributed by atoms with Crippen molar-refractivity contribution >= 4 is 12.0 Å². The molecule has 0 spiro atoms. The van der Waals surface area contributed by atoms with Crippen LogP contribution in [0.4, 0.5) is 4.79 Å².